The summed E-state index contributed by atoms with van der Waals surface area (Å²) < 4.78 is 7.43. The van der Waals surface area contributed by atoms with Crippen molar-refractivity contribution in [3.8, 4) is 0 Å². The van der Waals surface area contributed by atoms with Gasteiger partial charge in [-0.25, -0.2) is 4.79 Å². The number of benzene rings is 1. The Bertz CT molecular complexity index is 1210. The molecule has 7 nitrogen and oxygen atoms in total. The van der Waals surface area contributed by atoms with Gasteiger partial charge in [0.1, 0.15) is 0 Å². The van der Waals surface area contributed by atoms with E-state index < -0.39 is 0 Å². The lowest BCUT2D eigenvalue weighted by Gasteiger charge is -2.37. The van der Waals surface area contributed by atoms with Crippen molar-refractivity contribution in [3.63, 3.8) is 0 Å². The van der Waals surface area contributed by atoms with E-state index >= 15 is 0 Å². The van der Waals surface area contributed by atoms with E-state index in [2.05, 4.69) is 65.3 Å². The van der Waals surface area contributed by atoms with E-state index in [1.54, 1.807) is 0 Å². The maximum atomic E-state index is 12.5. The molecule has 2 aliphatic carbocycles. The summed E-state index contributed by atoms with van der Waals surface area (Å²) in [6.07, 6.45) is 12.0. The van der Waals surface area contributed by atoms with Crippen LogP contribution < -0.4 is 10.6 Å². The van der Waals surface area contributed by atoms with Crippen LogP contribution in [0.2, 0.25) is 0 Å². The van der Waals surface area contributed by atoms with Crippen molar-refractivity contribution >= 4 is 22.9 Å². The van der Waals surface area contributed by atoms with E-state index in [0.717, 1.165) is 71.8 Å². The first-order valence-electron chi connectivity index (χ1n) is 12.9. The van der Waals surface area contributed by atoms with Gasteiger partial charge in [-0.2, -0.15) is 5.10 Å². The minimum Gasteiger partial charge on any atom is -0.379 e. The predicted molar refractivity (Wildman–Crippen MR) is 145 cm³/mol. The minimum atomic E-state index is -0.155. The molecule has 2 amide bonds. The van der Waals surface area contributed by atoms with Crippen molar-refractivity contribution < 1.29 is 9.53 Å². The SMILES string of the molecule is C=C1C(c2cnn(C)c2)=CC(c2cc(NC(=O)NCCC3(C)CC3)ccc2C)=CC1N1CCOCC1. The van der Waals surface area contributed by atoms with Crippen molar-refractivity contribution in [3.05, 3.63) is 71.6 Å². The Kier molecular flexibility index (Phi) is 6.86. The molecule has 0 radical (unpaired) electrons. The Balaban J connectivity index is 1.41. The molecule has 1 aromatic carbocycles. The number of anilines is 1. The molecule has 5 rings (SSSR count). The molecule has 2 heterocycles. The number of hydrogen-bond donors (Lipinski definition) is 2. The highest BCUT2D eigenvalue weighted by Gasteiger charge is 2.36. The molecular weight excluding hydrogens is 450 g/mol. The van der Waals surface area contributed by atoms with Crippen LogP contribution in [0.25, 0.3) is 11.1 Å². The molecule has 3 aliphatic rings. The predicted octanol–water partition coefficient (Wildman–Crippen LogP) is 4.78. The monoisotopic (exact) mass is 487 g/mol. The Morgan fingerprint density at radius 1 is 1.28 bits per heavy atom. The third kappa shape index (κ3) is 5.47. The summed E-state index contributed by atoms with van der Waals surface area (Å²) >= 11 is 0. The quantitative estimate of drug-likeness (QED) is 0.590. The number of urea groups is 1. The summed E-state index contributed by atoms with van der Waals surface area (Å²) in [5.74, 6) is 0. The molecule has 1 aromatic heterocycles. The van der Waals surface area contributed by atoms with Gasteiger partial charge in [-0.15, -0.1) is 0 Å². The lowest BCUT2D eigenvalue weighted by atomic mass is 9.84. The molecule has 1 saturated carbocycles. The zero-order chi connectivity index (χ0) is 25.3. The van der Waals surface area contributed by atoms with Crippen LogP contribution in [0, 0.1) is 12.3 Å². The molecule has 2 N–H and O–H groups in total. The van der Waals surface area contributed by atoms with Crippen molar-refractivity contribution in [1.29, 1.82) is 0 Å². The fourth-order valence-electron chi connectivity index (χ4n) is 5.03. The molecule has 1 unspecified atom stereocenters. The van der Waals surface area contributed by atoms with E-state index in [0.29, 0.717) is 12.0 Å². The zero-order valence-electron chi connectivity index (χ0n) is 21.6. The molecule has 190 valence electrons. The van der Waals surface area contributed by atoms with Crippen molar-refractivity contribution in [2.75, 3.05) is 38.2 Å². The smallest absolute Gasteiger partial charge is 0.319 e. The number of amides is 2. The summed E-state index contributed by atoms with van der Waals surface area (Å²) in [6.45, 7) is 12.8. The summed E-state index contributed by atoms with van der Waals surface area (Å²) in [7, 11) is 1.93. The number of nitrogens with one attached hydrogen (secondary N) is 2. The molecule has 7 heteroatoms. The number of carbonyl (C=O) groups is 1. The van der Waals surface area contributed by atoms with E-state index in [1.165, 1.54) is 12.8 Å². The largest absolute Gasteiger partial charge is 0.379 e. The second-order valence-electron chi connectivity index (χ2n) is 10.7. The molecule has 36 heavy (non-hydrogen) atoms. The van der Waals surface area contributed by atoms with Gasteiger partial charge in [0.15, 0.2) is 0 Å². The van der Waals surface area contributed by atoms with Crippen LogP contribution in [0.15, 0.2) is 54.9 Å². The number of ether oxygens (including phenoxy) is 1. The van der Waals surface area contributed by atoms with Gasteiger partial charge in [0.2, 0.25) is 0 Å². The Hall–Kier alpha value is -3.16. The van der Waals surface area contributed by atoms with E-state index in [4.69, 9.17) is 4.74 Å². The molecule has 2 fully saturated rings. The highest BCUT2D eigenvalue weighted by atomic mass is 16.5. The van der Waals surface area contributed by atoms with Crippen molar-refractivity contribution in [2.24, 2.45) is 12.5 Å². The Labute approximate surface area is 213 Å². The van der Waals surface area contributed by atoms with Gasteiger partial charge >= 0.3 is 6.03 Å². The molecule has 1 saturated heterocycles. The summed E-state index contributed by atoms with van der Waals surface area (Å²) in [5.41, 5.74) is 7.83. The van der Waals surface area contributed by atoms with E-state index in [-0.39, 0.29) is 12.1 Å². The third-order valence-electron chi connectivity index (χ3n) is 7.72. The zero-order valence-corrected chi connectivity index (χ0v) is 21.6. The van der Waals surface area contributed by atoms with Crippen LogP contribution in [-0.2, 0) is 11.8 Å². The lowest BCUT2D eigenvalue weighted by molar-refractivity contribution is 0.0320. The van der Waals surface area contributed by atoms with Gasteiger partial charge in [0.05, 0.1) is 25.5 Å². The number of aromatic nitrogens is 2. The molecule has 0 bridgehead atoms. The van der Waals surface area contributed by atoms with Crippen LogP contribution in [0.3, 0.4) is 0 Å². The fraction of sp³-hybridized carbons (Fsp3) is 0.448. The number of allylic oxidation sites excluding steroid dienone is 2. The van der Waals surface area contributed by atoms with E-state index in [1.807, 2.05) is 30.2 Å². The van der Waals surface area contributed by atoms with E-state index in [9.17, 15) is 4.79 Å². The number of hydrogen-bond acceptors (Lipinski definition) is 4. The number of morpholine rings is 1. The average molecular weight is 488 g/mol. The van der Waals surface area contributed by atoms with Crippen LogP contribution in [0.4, 0.5) is 10.5 Å². The molecule has 0 spiro atoms. The first-order valence-corrected chi connectivity index (χ1v) is 12.9. The summed E-state index contributed by atoms with van der Waals surface area (Å²) in [5, 5.41) is 10.4. The number of carbonyl (C=O) groups excluding carboxylic acids is 1. The Morgan fingerprint density at radius 2 is 2.06 bits per heavy atom. The second-order valence-corrected chi connectivity index (χ2v) is 10.7. The highest BCUT2D eigenvalue weighted by molar-refractivity contribution is 5.96. The van der Waals surface area contributed by atoms with Crippen LogP contribution >= 0.6 is 0 Å². The van der Waals surface area contributed by atoms with Gasteiger partial charge in [-0.3, -0.25) is 9.58 Å². The lowest BCUT2D eigenvalue weighted by Crippen LogP contribution is -2.44. The topological polar surface area (TPSA) is 71.4 Å². The van der Waals surface area contributed by atoms with Gasteiger partial charge in [-0.1, -0.05) is 25.6 Å². The molecular formula is C29H37N5O2. The van der Waals surface area contributed by atoms with Gasteiger partial charge in [0.25, 0.3) is 0 Å². The molecule has 1 aliphatic heterocycles. The minimum absolute atomic E-state index is 0.0761. The third-order valence-corrected chi connectivity index (χ3v) is 7.72. The van der Waals surface area contributed by atoms with Crippen LogP contribution in [0.5, 0.6) is 0 Å². The maximum absolute atomic E-state index is 12.5. The van der Waals surface area contributed by atoms with Crippen molar-refractivity contribution in [1.82, 2.24) is 20.0 Å². The molecule has 2 aromatic rings. The normalized spacial score (nSPS) is 21.5. The fourth-order valence-corrected chi connectivity index (χ4v) is 5.03. The highest BCUT2D eigenvalue weighted by Crippen LogP contribution is 2.47. The number of nitrogens with zero attached hydrogens (tertiary/aromatic N) is 3. The van der Waals surface area contributed by atoms with Gasteiger partial charge in [-0.05, 0) is 77.7 Å². The first kappa shape index (κ1) is 24.5. The first-order chi connectivity index (χ1) is 17.3. The summed E-state index contributed by atoms with van der Waals surface area (Å²) in [4.78, 5) is 15.0. The van der Waals surface area contributed by atoms with Crippen LogP contribution in [0.1, 0.15) is 42.9 Å². The number of rotatable bonds is 7. The maximum Gasteiger partial charge on any atom is 0.319 e. The summed E-state index contributed by atoms with van der Waals surface area (Å²) in [6, 6.07) is 6.03. The Morgan fingerprint density at radius 3 is 2.75 bits per heavy atom. The van der Waals surface area contributed by atoms with Gasteiger partial charge in [0, 0.05) is 44.1 Å². The number of aryl methyl sites for hydroxylation is 2. The standard InChI is InChI=1S/C29H37N5O2/c1-20-5-6-24(32-28(35)30-10-9-29(3)7-8-29)17-25(20)22-15-26(23-18-31-33(4)19-23)21(2)27(16-22)34-11-13-36-14-12-34/h5-6,15-19,27H,2,7-14H2,1,3-4H3,(H2,30,32,35). The average Bonchev–Trinajstić information content (AvgIpc) is 3.44. The second kappa shape index (κ2) is 10.1. The van der Waals surface area contributed by atoms with Crippen molar-refractivity contribution in [2.45, 2.75) is 39.2 Å². The van der Waals surface area contributed by atoms with Gasteiger partial charge < -0.3 is 15.4 Å². The van der Waals surface area contributed by atoms with Crippen LogP contribution in [-0.4, -0.2) is 59.6 Å². The molecule has 1 atom stereocenters.